The van der Waals surface area contributed by atoms with E-state index in [1.807, 2.05) is 0 Å². The van der Waals surface area contributed by atoms with Crippen LogP contribution in [0.5, 0.6) is 11.5 Å². The molecule has 2 aromatic rings. The Hall–Kier alpha value is -3.47. The monoisotopic (exact) mass is 390 g/mol. The molecule has 2 aromatic carbocycles. The third-order valence-electron chi connectivity index (χ3n) is 3.41. The molecular formula is C20H17F3N2O3. The predicted molar refractivity (Wildman–Crippen MR) is 98.4 cm³/mol. The van der Waals surface area contributed by atoms with E-state index in [9.17, 15) is 18.0 Å². The Morgan fingerprint density at radius 1 is 1.21 bits per heavy atom. The average Bonchev–Trinajstić information content (AvgIpc) is 2.67. The van der Waals surface area contributed by atoms with Gasteiger partial charge in [-0.2, -0.15) is 18.3 Å². The molecule has 0 saturated heterocycles. The fraction of sp³-hybridized carbons (Fsp3) is 0.200. The Labute approximate surface area is 160 Å². The summed E-state index contributed by atoms with van der Waals surface area (Å²) in [6.45, 7) is 2.29. The van der Waals surface area contributed by atoms with Crippen molar-refractivity contribution in [3.63, 3.8) is 0 Å². The molecule has 8 heteroatoms. The van der Waals surface area contributed by atoms with Crippen molar-refractivity contribution in [2.24, 2.45) is 5.10 Å². The summed E-state index contributed by atoms with van der Waals surface area (Å²) in [6.07, 6.45) is 1.97. The van der Waals surface area contributed by atoms with Gasteiger partial charge in [0.1, 0.15) is 6.61 Å². The number of carbonyl (C=O) groups excluding carboxylic acids is 1. The van der Waals surface area contributed by atoms with Crippen LogP contribution in [0.2, 0.25) is 0 Å². The number of halogens is 3. The van der Waals surface area contributed by atoms with E-state index >= 15 is 0 Å². The van der Waals surface area contributed by atoms with Gasteiger partial charge in [-0.3, -0.25) is 4.79 Å². The molecule has 0 saturated carbocycles. The molecule has 0 aliphatic heterocycles. The molecule has 146 valence electrons. The first kappa shape index (κ1) is 20.8. The highest BCUT2D eigenvalue weighted by Gasteiger charge is 2.30. The fourth-order valence-corrected chi connectivity index (χ4v) is 2.18. The van der Waals surface area contributed by atoms with Crippen molar-refractivity contribution in [3.05, 3.63) is 59.2 Å². The number of nitrogens with zero attached hydrogens (tertiary/aromatic N) is 1. The van der Waals surface area contributed by atoms with Crippen LogP contribution in [0.1, 0.15) is 28.4 Å². The molecular weight excluding hydrogens is 373 g/mol. The SMILES string of the molecule is C#CCOc1ccc(/C=N\NC(=O)c2cccc(C(F)(F)F)c2)cc1OCC. The first-order valence-electron chi connectivity index (χ1n) is 8.19. The fourth-order valence-electron chi connectivity index (χ4n) is 2.18. The van der Waals surface area contributed by atoms with E-state index < -0.39 is 17.6 Å². The second kappa shape index (κ2) is 9.46. The molecule has 1 amide bonds. The van der Waals surface area contributed by atoms with E-state index in [0.29, 0.717) is 23.7 Å². The number of nitrogens with one attached hydrogen (secondary N) is 1. The molecule has 0 radical (unpaired) electrons. The summed E-state index contributed by atoms with van der Waals surface area (Å²) in [5.41, 5.74) is 1.71. The molecule has 0 aromatic heterocycles. The van der Waals surface area contributed by atoms with Crippen molar-refractivity contribution < 1.29 is 27.4 Å². The summed E-state index contributed by atoms with van der Waals surface area (Å²) < 4.78 is 49.0. The lowest BCUT2D eigenvalue weighted by Gasteiger charge is -2.10. The smallest absolute Gasteiger partial charge is 0.416 e. The van der Waals surface area contributed by atoms with Gasteiger partial charge < -0.3 is 9.47 Å². The Bertz CT molecular complexity index is 902. The Morgan fingerprint density at radius 3 is 2.68 bits per heavy atom. The molecule has 1 N–H and O–H groups in total. The minimum atomic E-state index is -4.53. The van der Waals surface area contributed by atoms with Gasteiger partial charge in [0.15, 0.2) is 11.5 Å². The van der Waals surface area contributed by atoms with Crippen molar-refractivity contribution in [2.45, 2.75) is 13.1 Å². The lowest BCUT2D eigenvalue weighted by molar-refractivity contribution is -0.137. The Balaban J connectivity index is 2.09. The highest BCUT2D eigenvalue weighted by Crippen LogP contribution is 2.29. The maximum absolute atomic E-state index is 12.7. The van der Waals surface area contributed by atoms with E-state index in [-0.39, 0.29) is 12.2 Å². The summed E-state index contributed by atoms with van der Waals surface area (Å²) in [5.74, 6) is 2.50. The maximum Gasteiger partial charge on any atom is 0.416 e. The molecule has 28 heavy (non-hydrogen) atoms. The summed E-state index contributed by atoms with van der Waals surface area (Å²) in [7, 11) is 0. The van der Waals surface area contributed by atoms with Crippen LogP contribution in [0, 0.1) is 12.3 Å². The van der Waals surface area contributed by atoms with Crippen LogP contribution in [0.15, 0.2) is 47.6 Å². The zero-order valence-electron chi connectivity index (χ0n) is 14.9. The van der Waals surface area contributed by atoms with E-state index in [1.165, 1.54) is 12.3 Å². The number of amides is 1. The molecule has 0 bridgehead atoms. The van der Waals surface area contributed by atoms with E-state index in [4.69, 9.17) is 15.9 Å². The van der Waals surface area contributed by atoms with Crippen LogP contribution >= 0.6 is 0 Å². The summed E-state index contributed by atoms with van der Waals surface area (Å²) >= 11 is 0. The number of ether oxygens (including phenoxy) is 2. The van der Waals surface area contributed by atoms with Crippen LogP contribution in [-0.2, 0) is 6.18 Å². The van der Waals surface area contributed by atoms with E-state index in [2.05, 4.69) is 16.4 Å². The van der Waals surface area contributed by atoms with E-state index in [1.54, 1.807) is 25.1 Å². The summed E-state index contributed by atoms with van der Waals surface area (Å²) in [5, 5.41) is 3.77. The molecule has 0 unspecified atom stereocenters. The first-order chi connectivity index (χ1) is 13.3. The van der Waals surface area contributed by atoms with Crippen molar-refractivity contribution in [1.29, 1.82) is 0 Å². The van der Waals surface area contributed by atoms with Gasteiger partial charge in [0.2, 0.25) is 0 Å². The lowest BCUT2D eigenvalue weighted by Crippen LogP contribution is -2.18. The minimum Gasteiger partial charge on any atom is -0.490 e. The number of benzene rings is 2. The van der Waals surface area contributed by atoms with Gasteiger partial charge in [-0.25, -0.2) is 5.43 Å². The number of hydrogen-bond acceptors (Lipinski definition) is 4. The van der Waals surface area contributed by atoms with Gasteiger partial charge in [0.05, 0.1) is 18.4 Å². The van der Waals surface area contributed by atoms with Crippen molar-refractivity contribution in [2.75, 3.05) is 13.2 Å². The summed E-state index contributed by atoms with van der Waals surface area (Å²) in [6, 6.07) is 9.01. The topological polar surface area (TPSA) is 59.9 Å². The second-order valence-electron chi connectivity index (χ2n) is 5.41. The number of hydrogen-bond donors (Lipinski definition) is 1. The Kier molecular flexibility index (Phi) is 7.04. The number of hydrazone groups is 1. The molecule has 2 rings (SSSR count). The van der Waals surface area contributed by atoms with Gasteiger partial charge >= 0.3 is 6.18 Å². The zero-order chi connectivity index (χ0) is 20.6. The molecule has 0 fully saturated rings. The maximum atomic E-state index is 12.7. The van der Waals surface area contributed by atoms with Gasteiger partial charge in [-0.1, -0.05) is 12.0 Å². The highest BCUT2D eigenvalue weighted by atomic mass is 19.4. The predicted octanol–water partition coefficient (Wildman–Crippen LogP) is 3.88. The van der Waals surface area contributed by atoms with Crippen LogP contribution in [-0.4, -0.2) is 25.3 Å². The number of terminal acetylenes is 1. The number of carbonyl (C=O) groups is 1. The Morgan fingerprint density at radius 2 is 2.00 bits per heavy atom. The summed E-state index contributed by atoms with van der Waals surface area (Å²) in [4.78, 5) is 12.0. The third kappa shape index (κ3) is 5.77. The zero-order valence-corrected chi connectivity index (χ0v) is 14.9. The third-order valence-corrected chi connectivity index (χ3v) is 3.41. The van der Waals surface area contributed by atoms with Gasteiger partial charge in [-0.15, -0.1) is 6.42 Å². The van der Waals surface area contributed by atoms with Gasteiger partial charge in [0, 0.05) is 5.56 Å². The molecule has 0 atom stereocenters. The van der Waals surface area contributed by atoms with Crippen LogP contribution in [0.4, 0.5) is 13.2 Å². The molecule has 0 heterocycles. The second-order valence-corrected chi connectivity index (χ2v) is 5.41. The largest absolute Gasteiger partial charge is 0.490 e. The minimum absolute atomic E-state index is 0.0839. The average molecular weight is 390 g/mol. The van der Waals surface area contributed by atoms with Gasteiger partial charge in [0.25, 0.3) is 5.91 Å². The quantitative estimate of drug-likeness (QED) is 0.443. The van der Waals surface area contributed by atoms with Crippen LogP contribution < -0.4 is 14.9 Å². The van der Waals surface area contributed by atoms with Crippen molar-refractivity contribution >= 4 is 12.1 Å². The molecule has 0 aliphatic rings. The highest BCUT2D eigenvalue weighted by molar-refractivity contribution is 5.95. The standard InChI is InChI=1S/C20H17F3N2O3/c1-3-10-28-17-9-8-14(11-18(17)27-4-2)13-24-25-19(26)15-6-5-7-16(12-15)20(21,22)23/h1,5-9,11-13H,4,10H2,2H3,(H,25,26)/b24-13-. The van der Waals surface area contributed by atoms with E-state index in [0.717, 1.165) is 18.2 Å². The molecule has 0 spiro atoms. The molecule has 5 nitrogen and oxygen atoms in total. The molecule has 0 aliphatic carbocycles. The number of rotatable bonds is 7. The van der Waals surface area contributed by atoms with Gasteiger partial charge in [-0.05, 0) is 48.9 Å². The van der Waals surface area contributed by atoms with Crippen molar-refractivity contribution in [1.82, 2.24) is 5.43 Å². The van der Waals surface area contributed by atoms with Crippen LogP contribution in [0.25, 0.3) is 0 Å². The number of alkyl halides is 3. The lowest BCUT2D eigenvalue weighted by atomic mass is 10.1. The van der Waals surface area contributed by atoms with Crippen molar-refractivity contribution in [3.8, 4) is 23.8 Å². The first-order valence-corrected chi connectivity index (χ1v) is 8.19. The normalized spacial score (nSPS) is 11.1. The van der Waals surface area contributed by atoms with Crippen LogP contribution in [0.3, 0.4) is 0 Å².